The van der Waals surface area contributed by atoms with Crippen molar-refractivity contribution in [1.82, 2.24) is 0 Å². The third-order valence-electron chi connectivity index (χ3n) is 4.43. The lowest BCUT2D eigenvalue weighted by molar-refractivity contribution is -0.138. The van der Waals surface area contributed by atoms with Gasteiger partial charge in [0.05, 0.1) is 0 Å². The van der Waals surface area contributed by atoms with E-state index in [9.17, 15) is 4.79 Å². The Bertz CT molecular complexity index is 289. The van der Waals surface area contributed by atoms with Gasteiger partial charge in [-0.05, 0) is 22.8 Å². The molecular formula is C20H37IO2. The van der Waals surface area contributed by atoms with Crippen LogP contribution in [-0.4, -0.2) is 11.1 Å². The molecule has 0 aromatic heterocycles. The highest BCUT2D eigenvalue weighted by atomic mass is 127. The van der Waals surface area contributed by atoms with Gasteiger partial charge in [-0.3, -0.25) is 4.79 Å². The van der Waals surface area contributed by atoms with Gasteiger partial charge in [-0.2, -0.15) is 0 Å². The van der Waals surface area contributed by atoms with Gasteiger partial charge in [0, 0.05) is 6.42 Å². The van der Waals surface area contributed by atoms with Crippen molar-refractivity contribution in [3.8, 4) is 0 Å². The normalized spacial score (nSPS) is 12.8. The quantitative estimate of drug-likeness (QED) is 0.189. The van der Waals surface area contributed by atoms with E-state index in [-0.39, 0.29) is 0 Å². The van der Waals surface area contributed by atoms with E-state index < -0.39 is 5.97 Å². The van der Waals surface area contributed by atoms with E-state index in [1.165, 1.54) is 83.5 Å². The van der Waals surface area contributed by atoms with E-state index in [4.69, 9.17) is 5.11 Å². The molecule has 0 radical (unpaired) electrons. The first-order valence-corrected chi connectivity index (χ1v) is 10.9. The fourth-order valence-corrected chi connectivity index (χ4v) is 3.35. The molecule has 1 N–H and O–H groups in total. The standard InChI is InChI=1S/C20H37IO2/c1-19(18-20(22)23)16-14-12-10-8-6-4-2-3-5-7-9-11-13-15-17-21/h15,17,19H,2-14,16,18H2,1H3,(H,22,23). The molecule has 23 heavy (non-hydrogen) atoms. The molecule has 0 aliphatic carbocycles. The van der Waals surface area contributed by atoms with Gasteiger partial charge < -0.3 is 5.11 Å². The Hall–Kier alpha value is -0.0600. The Balaban J connectivity index is 3.09. The fourth-order valence-electron chi connectivity index (χ4n) is 2.99. The highest BCUT2D eigenvalue weighted by Crippen LogP contribution is 2.16. The molecule has 0 bridgehead atoms. The van der Waals surface area contributed by atoms with Crippen molar-refractivity contribution in [2.45, 2.75) is 103 Å². The van der Waals surface area contributed by atoms with Crippen LogP contribution in [0.2, 0.25) is 0 Å². The molecule has 0 spiro atoms. The lowest BCUT2D eigenvalue weighted by Crippen LogP contribution is -2.03. The molecule has 136 valence electrons. The first-order valence-electron chi connectivity index (χ1n) is 9.63. The fraction of sp³-hybridized carbons (Fsp3) is 0.850. The molecule has 0 rings (SSSR count). The van der Waals surface area contributed by atoms with Crippen molar-refractivity contribution in [3.05, 3.63) is 10.2 Å². The van der Waals surface area contributed by atoms with Crippen molar-refractivity contribution < 1.29 is 9.90 Å². The molecule has 0 amide bonds. The minimum Gasteiger partial charge on any atom is -0.481 e. The van der Waals surface area contributed by atoms with E-state index >= 15 is 0 Å². The second-order valence-corrected chi connectivity index (χ2v) is 7.60. The average molecular weight is 436 g/mol. The van der Waals surface area contributed by atoms with Gasteiger partial charge in [0.25, 0.3) is 0 Å². The second-order valence-electron chi connectivity index (χ2n) is 6.88. The molecule has 0 fully saturated rings. The van der Waals surface area contributed by atoms with Gasteiger partial charge in [-0.15, -0.1) is 0 Å². The number of rotatable bonds is 17. The van der Waals surface area contributed by atoms with E-state index in [2.05, 4.69) is 32.7 Å². The molecule has 0 saturated carbocycles. The molecule has 0 aliphatic heterocycles. The number of aliphatic carboxylic acids is 1. The first kappa shape index (κ1) is 22.9. The topological polar surface area (TPSA) is 37.3 Å². The second kappa shape index (κ2) is 18.3. The van der Waals surface area contributed by atoms with Crippen LogP contribution in [0.3, 0.4) is 0 Å². The number of unbranched alkanes of at least 4 members (excludes halogenated alkanes) is 12. The molecule has 0 aromatic carbocycles. The van der Waals surface area contributed by atoms with Crippen molar-refractivity contribution in [2.24, 2.45) is 5.92 Å². The zero-order chi connectivity index (χ0) is 17.2. The lowest BCUT2D eigenvalue weighted by Gasteiger charge is -2.08. The van der Waals surface area contributed by atoms with Gasteiger partial charge in [0.1, 0.15) is 0 Å². The van der Waals surface area contributed by atoms with E-state index in [1.54, 1.807) is 0 Å². The molecule has 0 aromatic rings. The van der Waals surface area contributed by atoms with E-state index in [1.807, 2.05) is 6.92 Å². The molecule has 0 saturated heterocycles. The zero-order valence-corrected chi connectivity index (χ0v) is 17.2. The highest BCUT2D eigenvalue weighted by molar-refractivity contribution is 14.1. The summed E-state index contributed by atoms with van der Waals surface area (Å²) in [5, 5.41) is 8.71. The summed E-state index contributed by atoms with van der Waals surface area (Å²) >= 11 is 2.29. The number of carboxylic acid groups (broad SMARTS) is 1. The summed E-state index contributed by atoms with van der Waals surface area (Å²) in [7, 11) is 0. The van der Waals surface area contributed by atoms with Crippen molar-refractivity contribution in [3.63, 3.8) is 0 Å². The van der Waals surface area contributed by atoms with Crippen LogP contribution in [0.25, 0.3) is 0 Å². The minimum atomic E-state index is -0.657. The van der Waals surface area contributed by atoms with E-state index in [0.29, 0.717) is 12.3 Å². The van der Waals surface area contributed by atoms with Crippen LogP contribution in [0, 0.1) is 5.92 Å². The summed E-state index contributed by atoms with van der Waals surface area (Å²) in [5.41, 5.74) is 0. The van der Waals surface area contributed by atoms with Crippen LogP contribution in [0.4, 0.5) is 0 Å². The minimum absolute atomic E-state index is 0.328. The highest BCUT2D eigenvalue weighted by Gasteiger charge is 2.06. The van der Waals surface area contributed by atoms with Crippen LogP contribution in [0.1, 0.15) is 103 Å². The Morgan fingerprint density at radius 2 is 1.30 bits per heavy atom. The number of carbonyl (C=O) groups is 1. The molecule has 2 nitrogen and oxygen atoms in total. The Labute approximate surface area is 157 Å². The maximum atomic E-state index is 10.6. The van der Waals surface area contributed by atoms with Crippen molar-refractivity contribution >= 4 is 28.6 Å². The smallest absolute Gasteiger partial charge is 0.303 e. The Kier molecular flexibility index (Phi) is 18.2. The Morgan fingerprint density at radius 1 is 0.870 bits per heavy atom. The van der Waals surface area contributed by atoms with Gasteiger partial charge in [0.15, 0.2) is 0 Å². The van der Waals surface area contributed by atoms with Crippen LogP contribution in [0.15, 0.2) is 10.2 Å². The van der Waals surface area contributed by atoms with Gasteiger partial charge >= 0.3 is 5.97 Å². The predicted octanol–water partition coefficient (Wildman–Crippen LogP) is 7.51. The van der Waals surface area contributed by atoms with Crippen LogP contribution >= 0.6 is 22.6 Å². The molecule has 1 atom stereocenters. The van der Waals surface area contributed by atoms with Crippen LogP contribution in [-0.2, 0) is 4.79 Å². The predicted molar refractivity (Wildman–Crippen MR) is 109 cm³/mol. The molecule has 1 unspecified atom stereocenters. The van der Waals surface area contributed by atoms with Gasteiger partial charge in [0.2, 0.25) is 0 Å². The third-order valence-corrected chi connectivity index (χ3v) is 4.94. The maximum Gasteiger partial charge on any atom is 0.303 e. The summed E-state index contributed by atoms with van der Waals surface area (Å²) in [6.45, 7) is 2.05. The number of allylic oxidation sites excluding steroid dienone is 1. The SMILES string of the molecule is CC(CCCCCCCCCCCCCCC=CI)CC(=O)O. The molecule has 0 heterocycles. The molecule has 0 aliphatic rings. The van der Waals surface area contributed by atoms with Gasteiger partial charge in [-0.25, -0.2) is 0 Å². The summed E-state index contributed by atoms with van der Waals surface area (Å²) in [5.74, 6) is -0.319. The van der Waals surface area contributed by atoms with Crippen LogP contribution < -0.4 is 0 Å². The van der Waals surface area contributed by atoms with Gasteiger partial charge in [-0.1, -0.05) is 113 Å². The van der Waals surface area contributed by atoms with Crippen LogP contribution in [0.5, 0.6) is 0 Å². The first-order chi connectivity index (χ1) is 11.2. The monoisotopic (exact) mass is 436 g/mol. The molecular weight excluding hydrogens is 399 g/mol. The number of hydrogen-bond donors (Lipinski definition) is 1. The number of halogens is 1. The summed E-state index contributed by atoms with van der Waals surface area (Å²) in [6.07, 6.45) is 21.2. The number of hydrogen-bond acceptors (Lipinski definition) is 1. The summed E-state index contributed by atoms with van der Waals surface area (Å²) in [6, 6.07) is 0. The molecule has 3 heteroatoms. The lowest BCUT2D eigenvalue weighted by atomic mass is 9.99. The average Bonchev–Trinajstić information content (AvgIpc) is 2.50. The zero-order valence-electron chi connectivity index (χ0n) is 15.1. The third kappa shape index (κ3) is 19.9. The Morgan fingerprint density at radius 3 is 1.74 bits per heavy atom. The van der Waals surface area contributed by atoms with Crippen molar-refractivity contribution in [2.75, 3.05) is 0 Å². The maximum absolute atomic E-state index is 10.6. The summed E-state index contributed by atoms with van der Waals surface area (Å²) < 4.78 is 2.12. The number of carboxylic acids is 1. The largest absolute Gasteiger partial charge is 0.481 e. The van der Waals surface area contributed by atoms with E-state index in [0.717, 1.165) is 6.42 Å². The summed E-state index contributed by atoms with van der Waals surface area (Å²) in [4.78, 5) is 10.6. The van der Waals surface area contributed by atoms with Crippen molar-refractivity contribution in [1.29, 1.82) is 0 Å².